The molecule has 1 aromatic heterocycles. The molecule has 0 bridgehead atoms. The highest BCUT2D eigenvalue weighted by Gasteiger charge is 2.34. The van der Waals surface area contributed by atoms with Gasteiger partial charge in [-0.2, -0.15) is 0 Å². The van der Waals surface area contributed by atoms with Crippen molar-refractivity contribution in [3.63, 3.8) is 0 Å². The van der Waals surface area contributed by atoms with Crippen molar-refractivity contribution in [2.75, 3.05) is 18.4 Å². The summed E-state index contributed by atoms with van der Waals surface area (Å²) >= 11 is 0. The van der Waals surface area contributed by atoms with Gasteiger partial charge < -0.3 is 15.2 Å². The second-order valence-electron chi connectivity index (χ2n) is 6.60. The maximum absolute atomic E-state index is 12.5. The first-order valence-corrected chi connectivity index (χ1v) is 8.13. The zero-order valence-corrected chi connectivity index (χ0v) is 14.0. The number of hydrogen-bond acceptors (Lipinski definition) is 3. The predicted molar refractivity (Wildman–Crippen MR) is 91.9 cm³/mol. The van der Waals surface area contributed by atoms with Crippen LogP contribution in [0.15, 0.2) is 30.6 Å². The number of benzene rings is 1. The zero-order valence-electron chi connectivity index (χ0n) is 14.0. The fourth-order valence-electron chi connectivity index (χ4n) is 2.95. The number of rotatable bonds is 3. The zero-order chi connectivity index (χ0) is 16.4. The molecular formula is C18H24N4O. The average molecular weight is 312 g/mol. The molecule has 0 spiro atoms. The molecule has 1 fully saturated rings. The number of hydrogen-bond donors (Lipinski definition) is 2. The summed E-state index contributed by atoms with van der Waals surface area (Å²) in [6.07, 6.45) is 3.59. The molecule has 2 heterocycles. The molecule has 1 aliphatic heterocycles. The Morgan fingerprint density at radius 2 is 1.87 bits per heavy atom. The molecule has 2 N–H and O–H groups in total. The van der Waals surface area contributed by atoms with Crippen LogP contribution in [0, 0.1) is 19.3 Å². The molecule has 0 unspecified atom stereocenters. The molecule has 1 aromatic carbocycles. The molecule has 23 heavy (non-hydrogen) atoms. The number of aromatic nitrogens is 2. The number of imidazole rings is 1. The predicted octanol–water partition coefficient (Wildman–Crippen LogP) is 2.82. The lowest BCUT2D eigenvalue weighted by Gasteiger charge is -2.32. The van der Waals surface area contributed by atoms with E-state index in [0.29, 0.717) is 0 Å². The first-order chi connectivity index (χ1) is 11.0. The van der Waals surface area contributed by atoms with E-state index in [4.69, 9.17) is 0 Å². The van der Waals surface area contributed by atoms with Crippen LogP contribution in [0.2, 0.25) is 0 Å². The van der Waals surface area contributed by atoms with Crippen molar-refractivity contribution in [3.05, 3.63) is 42.0 Å². The molecule has 0 saturated carbocycles. The largest absolute Gasteiger partial charge is 0.326 e. The molecule has 1 saturated heterocycles. The van der Waals surface area contributed by atoms with Crippen LogP contribution in [-0.4, -0.2) is 28.5 Å². The van der Waals surface area contributed by atoms with Gasteiger partial charge in [0, 0.05) is 22.5 Å². The summed E-state index contributed by atoms with van der Waals surface area (Å²) in [5.74, 6) is 0.112. The lowest BCUT2D eigenvalue weighted by molar-refractivity contribution is -0.126. The van der Waals surface area contributed by atoms with Crippen LogP contribution in [-0.2, 0) is 4.79 Å². The normalized spacial score (nSPS) is 17.0. The van der Waals surface area contributed by atoms with Crippen molar-refractivity contribution in [2.24, 2.45) is 5.41 Å². The van der Waals surface area contributed by atoms with E-state index in [0.717, 1.165) is 48.7 Å². The van der Waals surface area contributed by atoms with Crippen LogP contribution >= 0.6 is 0 Å². The minimum atomic E-state index is -0.276. The Bertz CT molecular complexity index is 696. The Morgan fingerprint density at radius 1 is 1.22 bits per heavy atom. The monoisotopic (exact) mass is 312 g/mol. The third-order valence-electron chi connectivity index (χ3n) is 4.91. The lowest BCUT2D eigenvalue weighted by Crippen LogP contribution is -2.42. The molecule has 0 atom stereocenters. The van der Waals surface area contributed by atoms with Gasteiger partial charge in [-0.3, -0.25) is 4.79 Å². The smallest absolute Gasteiger partial charge is 0.230 e. The van der Waals surface area contributed by atoms with E-state index in [2.05, 4.69) is 34.0 Å². The molecule has 5 heteroatoms. The fraction of sp³-hybridized carbons (Fsp3) is 0.444. The van der Waals surface area contributed by atoms with Crippen LogP contribution in [0.4, 0.5) is 5.69 Å². The maximum atomic E-state index is 12.5. The number of piperidine rings is 1. The van der Waals surface area contributed by atoms with E-state index in [1.54, 1.807) is 0 Å². The summed E-state index contributed by atoms with van der Waals surface area (Å²) in [5.41, 5.74) is 3.77. The quantitative estimate of drug-likeness (QED) is 0.916. The topological polar surface area (TPSA) is 59.0 Å². The summed E-state index contributed by atoms with van der Waals surface area (Å²) in [7, 11) is 0. The molecule has 122 valence electrons. The summed E-state index contributed by atoms with van der Waals surface area (Å²) in [5, 5.41) is 6.36. The van der Waals surface area contributed by atoms with E-state index >= 15 is 0 Å². The van der Waals surface area contributed by atoms with Gasteiger partial charge in [0.05, 0.1) is 12.0 Å². The van der Waals surface area contributed by atoms with Crippen LogP contribution in [0.25, 0.3) is 5.69 Å². The molecule has 3 rings (SSSR count). The van der Waals surface area contributed by atoms with Crippen molar-refractivity contribution in [1.29, 1.82) is 0 Å². The molecule has 0 radical (unpaired) electrons. The van der Waals surface area contributed by atoms with Crippen LogP contribution in [0.5, 0.6) is 0 Å². The molecule has 1 aliphatic rings. The standard InChI is InChI=1S/C18H24N4O/c1-13-14(2)22(12-20-13)16-6-4-15(5-7-16)21-17(23)18(3)8-10-19-11-9-18/h4-7,12,19H,8-11H2,1-3H3,(H,21,23). The van der Waals surface area contributed by atoms with Crippen LogP contribution < -0.4 is 10.6 Å². The molecule has 1 amide bonds. The summed E-state index contributed by atoms with van der Waals surface area (Å²) < 4.78 is 2.05. The van der Waals surface area contributed by atoms with Gasteiger partial charge in [0.1, 0.15) is 0 Å². The molecule has 0 aliphatic carbocycles. The summed E-state index contributed by atoms with van der Waals surface area (Å²) in [6, 6.07) is 7.92. The maximum Gasteiger partial charge on any atom is 0.230 e. The van der Waals surface area contributed by atoms with Gasteiger partial charge in [-0.15, -0.1) is 0 Å². The number of carbonyl (C=O) groups is 1. The van der Waals surface area contributed by atoms with Gasteiger partial charge in [-0.25, -0.2) is 4.98 Å². The third-order valence-corrected chi connectivity index (χ3v) is 4.91. The van der Waals surface area contributed by atoms with Gasteiger partial charge in [-0.05, 0) is 64.0 Å². The molecule has 5 nitrogen and oxygen atoms in total. The van der Waals surface area contributed by atoms with Gasteiger partial charge in [0.15, 0.2) is 0 Å². The summed E-state index contributed by atoms with van der Waals surface area (Å²) in [4.78, 5) is 16.9. The second kappa shape index (κ2) is 6.16. The Kier molecular flexibility index (Phi) is 4.22. The third kappa shape index (κ3) is 3.15. The summed E-state index contributed by atoms with van der Waals surface area (Å²) in [6.45, 7) is 7.91. The van der Waals surface area contributed by atoms with Crippen LogP contribution in [0.3, 0.4) is 0 Å². The number of aryl methyl sites for hydroxylation is 1. The van der Waals surface area contributed by atoms with Crippen molar-refractivity contribution in [3.8, 4) is 5.69 Å². The van der Waals surface area contributed by atoms with Gasteiger partial charge >= 0.3 is 0 Å². The highest BCUT2D eigenvalue weighted by molar-refractivity contribution is 5.95. The minimum Gasteiger partial charge on any atom is -0.326 e. The number of anilines is 1. The van der Waals surface area contributed by atoms with Crippen LogP contribution in [0.1, 0.15) is 31.2 Å². The van der Waals surface area contributed by atoms with Gasteiger partial charge in [-0.1, -0.05) is 6.92 Å². The van der Waals surface area contributed by atoms with Crippen molar-refractivity contribution < 1.29 is 4.79 Å². The highest BCUT2D eigenvalue weighted by atomic mass is 16.2. The average Bonchev–Trinajstić information content (AvgIpc) is 2.88. The number of amides is 1. The van der Waals surface area contributed by atoms with E-state index in [-0.39, 0.29) is 11.3 Å². The van der Waals surface area contributed by atoms with E-state index in [1.165, 1.54) is 0 Å². The number of nitrogens with one attached hydrogen (secondary N) is 2. The second-order valence-corrected chi connectivity index (χ2v) is 6.60. The van der Waals surface area contributed by atoms with E-state index in [9.17, 15) is 4.79 Å². The van der Waals surface area contributed by atoms with Crippen molar-refractivity contribution in [1.82, 2.24) is 14.9 Å². The Hall–Kier alpha value is -2.14. The first kappa shape index (κ1) is 15.7. The van der Waals surface area contributed by atoms with E-state index < -0.39 is 0 Å². The molecular weight excluding hydrogens is 288 g/mol. The number of carbonyl (C=O) groups excluding carboxylic acids is 1. The first-order valence-electron chi connectivity index (χ1n) is 8.13. The number of nitrogens with zero attached hydrogens (tertiary/aromatic N) is 2. The fourth-order valence-corrected chi connectivity index (χ4v) is 2.95. The van der Waals surface area contributed by atoms with Crippen molar-refractivity contribution >= 4 is 11.6 Å². The SMILES string of the molecule is Cc1ncn(-c2ccc(NC(=O)C3(C)CCNCC3)cc2)c1C. The van der Waals surface area contributed by atoms with Gasteiger partial charge in [0.2, 0.25) is 5.91 Å². The van der Waals surface area contributed by atoms with E-state index in [1.807, 2.05) is 37.5 Å². The Balaban J connectivity index is 1.72. The Morgan fingerprint density at radius 3 is 2.43 bits per heavy atom. The Labute approximate surface area is 137 Å². The molecule has 2 aromatic rings. The minimum absolute atomic E-state index is 0.112. The highest BCUT2D eigenvalue weighted by Crippen LogP contribution is 2.29. The van der Waals surface area contributed by atoms with Crippen molar-refractivity contribution in [2.45, 2.75) is 33.6 Å². The van der Waals surface area contributed by atoms with Gasteiger partial charge in [0.25, 0.3) is 0 Å². The lowest BCUT2D eigenvalue weighted by atomic mass is 9.80.